The Morgan fingerprint density at radius 2 is 1.92 bits per heavy atom. The maximum atomic E-state index is 13.1. The summed E-state index contributed by atoms with van der Waals surface area (Å²) >= 11 is 0. The highest BCUT2D eigenvalue weighted by Crippen LogP contribution is 2.34. The molecule has 2 aliphatic rings. The molecular formula is C29H28F3N5O. The maximum absolute atomic E-state index is 13.1. The first-order valence-corrected chi connectivity index (χ1v) is 12.4. The van der Waals surface area contributed by atoms with Gasteiger partial charge >= 0.3 is 6.18 Å². The van der Waals surface area contributed by atoms with Crippen molar-refractivity contribution in [2.24, 2.45) is 4.99 Å². The number of nitrogens with one attached hydrogen (secondary N) is 4. The maximum Gasteiger partial charge on any atom is 0.416 e. The second-order valence-electron chi connectivity index (χ2n) is 9.52. The fourth-order valence-electron chi connectivity index (χ4n) is 4.70. The summed E-state index contributed by atoms with van der Waals surface area (Å²) < 4.78 is 38.4. The predicted octanol–water partition coefficient (Wildman–Crippen LogP) is 5.51. The molecule has 2 aliphatic heterocycles. The molecule has 5 rings (SSSR count). The Bertz CT molecular complexity index is 1420. The smallest absolute Gasteiger partial charge is 0.370 e. The molecule has 1 unspecified atom stereocenters. The van der Waals surface area contributed by atoms with E-state index in [1.165, 1.54) is 17.7 Å². The van der Waals surface area contributed by atoms with Gasteiger partial charge in [0.15, 0.2) is 0 Å². The van der Waals surface area contributed by atoms with Gasteiger partial charge in [0.2, 0.25) is 0 Å². The second kappa shape index (κ2) is 10.3. The number of hydrogen-bond acceptors (Lipinski definition) is 4. The molecule has 6 nitrogen and oxygen atoms in total. The lowest BCUT2D eigenvalue weighted by atomic mass is 9.96. The van der Waals surface area contributed by atoms with Crippen LogP contribution in [-0.2, 0) is 30.5 Å². The fraction of sp³-hybridized carbons (Fsp3) is 0.241. The number of nitrogens with zero attached hydrogens (tertiary/aromatic N) is 1. The van der Waals surface area contributed by atoms with Crippen LogP contribution in [0.15, 0.2) is 83.6 Å². The number of fused-ring (bicyclic) bond motifs is 1. The number of alkyl halides is 3. The molecule has 4 N–H and O–H groups in total. The van der Waals surface area contributed by atoms with Crippen LogP contribution in [0.4, 0.5) is 19.0 Å². The molecule has 0 aliphatic carbocycles. The van der Waals surface area contributed by atoms with Crippen molar-refractivity contribution in [3.05, 3.63) is 101 Å². The van der Waals surface area contributed by atoms with Gasteiger partial charge in [0, 0.05) is 36.6 Å². The van der Waals surface area contributed by atoms with Gasteiger partial charge in [-0.15, -0.1) is 0 Å². The van der Waals surface area contributed by atoms with Crippen molar-refractivity contribution < 1.29 is 18.0 Å². The van der Waals surface area contributed by atoms with Crippen molar-refractivity contribution in [2.45, 2.75) is 44.7 Å². The molecule has 1 atom stereocenters. The van der Waals surface area contributed by atoms with Crippen LogP contribution in [0.1, 0.15) is 35.6 Å². The molecule has 0 radical (unpaired) electrons. The molecule has 38 heavy (non-hydrogen) atoms. The summed E-state index contributed by atoms with van der Waals surface area (Å²) in [6.07, 6.45) is 6.65. The number of aromatic amines is 1. The van der Waals surface area contributed by atoms with Gasteiger partial charge in [0.25, 0.3) is 5.91 Å². The summed E-state index contributed by atoms with van der Waals surface area (Å²) in [4.78, 5) is 20.8. The van der Waals surface area contributed by atoms with Crippen LogP contribution >= 0.6 is 0 Å². The summed E-state index contributed by atoms with van der Waals surface area (Å²) in [5.74, 6) is 0.600. The van der Waals surface area contributed by atoms with Crippen LogP contribution in [0.2, 0.25) is 0 Å². The Morgan fingerprint density at radius 1 is 1.11 bits per heavy atom. The second-order valence-corrected chi connectivity index (χ2v) is 9.52. The first-order valence-electron chi connectivity index (χ1n) is 12.4. The lowest BCUT2D eigenvalue weighted by Crippen LogP contribution is -2.57. The summed E-state index contributed by atoms with van der Waals surface area (Å²) in [6.45, 7) is 2.49. The third-order valence-corrected chi connectivity index (χ3v) is 6.84. The van der Waals surface area contributed by atoms with E-state index in [9.17, 15) is 18.0 Å². The number of allylic oxidation sites excluding steroid dienone is 2. The van der Waals surface area contributed by atoms with Gasteiger partial charge in [-0.1, -0.05) is 30.3 Å². The highest BCUT2D eigenvalue weighted by molar-refractivity contribution is 5.96. The number of aliphatic imine (C=N–C) groups is 1. The molecule has 196 valence electrons. The van der Waals surface area contributed by atoms with Gasteiger partial charge in [-0.3, -0.25) is 10.1 Å². The van der Waals surface area contributed by atoms with Crippen molar-refractivity contribution in [3.8, 4) is 11.1 Å². The molecular weight excluding hydrogens is 491 g/mol. The van der Waals surface area contributed by atoms with Crippen LogP contribution in [0.5, 0.6) is 0 Å². The van der Waals surface area contributed by atoms with E-state index in [2.05, 4.69) is 38.1 Å². The number of rotatable bonds is 7. The van der Waals surface area contributed by atoms with Crippen molar-refractivity contribution in [1.29, 1.82) is 0 Å². The average Bonchev–Trinajstić information content (AvgIpc) is 3.35. The van der Waals surface area contributed by atoms with Gasteiger partial charge in [-0.25, -0.2) is 4.99 Å². The monoisotopic (exact) mass is 519 g/mol. The first kappa shape index (κ1) is 25.5. The SMILES string of the molecule is CC1(NCc2cccc(-c3c[nH]c4c3CCC=N4)c2)NC=CC=C1C(=O)NCc1ccc(C(F)(F)F)cc1. The predicted molar refractivity (Wildman–Crippen MR) is 142 cm³/mol. The van der Waals surface area contributed by atoms with Crippen molar-refractivity contribution in [3.63, 3.8) is 0 Å². The Balaban J connectivity index is 1.25. The number of benzene rings is 2. The minimum absolute atomic E-state index is 0.112. The van der Waals surface area contributed by atoms with Gasteiger partial charge in [0.1, 0.15) is 11.5 Å². The van der Waals surface area contributed by atoms with E-state index < -0.39 is 17.4 Å². The molecule has 1 aromatic heterocycles. The van der Waals surface area contributed by atoms with E-state index >= 15 is 0 Å². The van der Waals surface area contributed by atoms with Crippen LogP contribution in [-0.4, -0.2) is 22.8 Å². The topological polar surface area (TPSA) is 81.3 Å². The van der Waals surface area contributed by atoms with E-state index in [-0.39, 0.29) is 12.5 Å². The normalized spacial score (nSPS) is 18.5. The lowest BCUT2D eigenvalue weighted by Gasteiger charge is -2.35. The van der Waals surface area contributed by atoms with Crippen LogP contribution < -0.4 is 16.0 Å². The van der Waals surface area contributed by atoms with E-state index in [4.69, 9.17) is 0 Å². The summed E-state index contributed by atoms with van der Waals surface area (Å²) in [5.41, 5.74) is 4.00. The van der Waals surface area contributed by atoms with Crippen LogP contribution in [0, 0.1) is 0 Å². The van der Waals surface area contributed by atoms with Crippen LogP contribution in [0.3, 0.4) is 0 Å². The number of amides is 1. The first-order chi connectivity index (χ1) is 18.2. The summed E-state index contributed by atoms with van der Waals surface area (Å²) in [5, 5.41) is 9.51. The van der Waals surface area contributed by atoms with E-state index in [0.717, 1.165) is 47.5 Å². The number of aromatic nitrogens is 1. The van der Waals surface area contributed by atoms with Gasteiger partial charge in [-0.05, 0) is 73.0 Å². The minimum Gasteiger partial charge on any atom is -0.370 e. The molecule has 0 spiro atoms. The average molecular weight is 520 g/mol. The molecule has 1 amide bonds. The molecule has 0 saturated heterocycles. The van der Waals surface area contributed by atoms with Crippen molar-refractivity contribution >= 4 is 17.9 Å². The molecule has 3 aromatic rings. The number of carbonyl (C=O) groups excluding carboxylic acids is 1. The zero-order chi connectivity index (χ0) is 26.8. The number of H-pyrrole nitrogens is 1. The standard InChI is InChI=1S/C29H28F3N5O/c1-28(37-17-20-5-2-6-21(15-20)24-18-34-26-23(24)7-3-13-33-26)25(8-4-14-36-28)27(38)35-16-19-9-11-22(12-10-19)29(30,31)32/h2,4-6,8-15,18,34,36-37H,3,7,16-17H2,1H3,(H,35,38). The Labute approximate surface area is 218 Å². The van der Waals surface area contributed by atoms with E-state index in [1.54, 1.807) is 18.4 Å². The van der Waals surface area contributed by atoms with Gasteiger partial charge < -0.3 is 15.6 Å². The van der Waals surface area contributed by atoms with E-state index in [1.807, 2.05) is 31.5 Å². The third kappa shape index (κ3) is 5.43. The molecule has 0 saturated carbocycles. The Kier molecular flexibility index (Phi) is 6.94. The fourth-order valence-corrected chi connectivity index (χ4v) is 4.70. The largest absolute Gasteiger partial charge is 0.416 e. The van der Waals surface area contributed by atoms with E-state index in [0.29, 0.717) is 17.7 Å². The lowest BCUT2D eigenvalue weighted by molar-refractivity contribution is -0.137. The molecule has 0 fully saturated rings. The van der Waals surface area contributed by atoms with Crippen molar-refractivity contribution in [2.75, 3.05) is 0 Å². The summed E-state index contributed by atoms with van der Waals surface area (Å²) in [6, 6.07) is 13.0. The number of halogens is 3. The minimum atomic E-state index is -4.39. The molecule has 2 aromatic carbocycles. The third-order valence-electron chi connectivity index (χ3n) is 6.84. The Hall–Kier alpha value is -4.11. The molecule has 3 heterocycles. The zero-order valence-electron chi connectivity index (χ0n) is 20.8. The highest BCUT2D eigenvalue weighted by Gasteiger charge is 2.33. The molecule has 0 bridgehead atoms. The van der Waals surface area contributed by atoms with Crippen LogP contribution in [0.25, 0.3) is 11.1 Å². The number of carbonyl (C=O) groups is 1. The zero-order valence-corrected chi connectivity index (χ0v) is 20.8. The summed E-state index contributed by atoms with van der Waals surface area (Å²) in [7, 11) is 0. The van der Waals surface area contributed by atoms with Crippen molar-refractivity contribution in [1.82, 2.24) is 20.9 Å². The quantitative estimate of drug-likeness (QED) is 0.332. The highest BCUT2D eigenvalue weighted by atomic mass is 19.4. The van der Waals surface area contributed by atoms with Gasteiger partial charge in [0.05, 0.1) is 11.1 Å². The Morgan fingerprint density at radius 3 is 2.71 bits per heavy atom. The molecule has 9 heteroatoms. The number of dihydropyridines is 1. The number of hydrogen-bond donors (Lipinski definition) is 4. The van der Waals surface area contributed by atoms with Gasteiger partial charge in [-0.2, -0.15) is 13.2 Å².